The van der Waals surface area contributed by atoms with E-state index in [1.807, 2.05) is 30.9 Å². The Morgan fingerprint density at radius 2 is 1.73 bits per heavy atom. The van der Waals surface area contributed by atoms with Crippen LogP contribution in [-0.2, 0) is 11.2 Å². The van der Waals surface area contributed by atoms with Gasteiger partial charge < -0.3 is 30.4 Å². The molecule has 1 aromatic carbocycles. The van der Waals surface area contributed by atoms with Crippen molar-refractivity contribution in [3.05, 3.63) is 52.3 Å². The van der Waals surface area contributed by atoms with E-state index >= 15 is 0 Å². The topological polar surface area (TPSA) is 118 Å². The van der Waals surface area contributed by atoms with Crippen molar-refractivity contribution in [3.8, 4) is 5.75 Å². The Balaban J connectivity index is 1.44. The molecule has 2 fully saturated rings. The average Bonchev–Trinajstić information content (AvgIpc) is 2.98. The molecule has 2 aliphatic rings. The molecular weight excluding hydrogens is 575 g/mol. The van der Waals surface area contributed by atoms with E-state index in [9.17, 15) is 19.5 Å². The number of rotatable bonds is 6. The summed E-state index contributed by atoms with van der Waals surface area (Å²) in [6.07, 6.45) is 6.96. The Labute approximate surface area is 245 Å². The number of aromatic nitrogens is 1. The maximum atomic E-state index is 13.8. The molecule has 5 amide bonds. The Morgan fingerprint density at radius 3 is 2.33 bits per heavy atom. The highest BCUT2D eigenvalue weighted by Crippen LogP contribution is 2.28. The van der Waals surface area contributed by atoms with Crippen LogP contribution in [0.1, 0.15) is 42.7 Å². The number of likely N-dealkylation sites (tertiary alicyclic amines) is 2. The van der Waals surface area contributed by atoms with E-state index in [4.69, 9.17) is 0 Å². The molecule has 0 radical (unpaired) electrons. The molecule has 4 rings (SSSR count). The summed E-state index contributed by atoms with van der Waals surface area (Å²) in [6, 6.07) is 6.61. The smallest absolute Gasteiger partial charge is 0.318 e. The van der Waals surface area contributed by atoms with Crippen LogP contribution in [0.15, 0.2) is 41.1 Å². The second kappa shape index (κ2) is 13.4. The third kappa shape index (κ3) is 7.07. The zero-order valence-corrected chi connectivity index (χ0v) is 25.0. The fourth-order valence-corrected chi connectivity index (χ4v) is 6.30. The van der Waals surface area contributed by atoms with Crippen LogP contribution < -0.4 is 16.1 Å². The molecule has 3 heterocycles. The predicted molar refractivity (Wildman–Crippen MR) is 160 cm³/mol. The number of halogens is 1. The van der Waals surface area contributed by atoms with Gasteiger partial charge in [-0.25, -0.2) is 9.59 Å². The fourth-order valence-electron chi connectivity index (χ4n) is 5.69. The van der Waals surface area contributed by atoms with Crippen molar-refractivity contribution in [3.63, 3.8) is 0 Å². The van der Waals surface area contributed by atoms with E-state index in [0.29, 0.717) is 61.3 Å². The molecule has 2 aliphatic heterocycles. The van der Waals surface area contributed by atoms with Gasteiger partial charge in [-0.15, -0.1) is 0 Å². The number of phenolic OH excluding ortho intramolecular Hbond substituents is 1. The molecule has 0 aliphatic carbocycles. The van der Waals surface area contributed by atoms with Gasteiger partial charge in [0.15, 0.2) is 0 Å². The van der Waals surface area contributed by atoms with E-state index in [0.717, 1.165) is 18.4 Å². The molecule has 3 N–H and O–H groups in total. The van der Waals surface area contributed by atoms with E-state index in [1.165, 1.54) is 5.56 Å². The Morgan fingerprint density at radius 1 is 1.10 bits per heavy atom. The van der Waals surface area contributed by atoms with Gasteiger partial charge >= 0.3 is 12.1 Å². The standard InChI is InChI=1S/C28H38BBrN6O4/c1-31-27(39)34(2)21-7-13-36(14-8-21)28(40)33-24(17-18-15-22(29)25(37)23(30)16-18)26(38)35-11-5-20(6-12-35)19-3-9-32-10-4-19/h3-4,9-10,15-16,20-21,24,37H,5-8,11-14,17,29H2,1-2H3,(H,31,39)(H,33,40)/t24-/m1/s1. The molecule has 1 aromatic heterocycles. The predicted octanol–water partition coefficient (Wildman–Crippen LogP) is 1.57. The number of carbonyl (C=O) groups excluding carboxylic acids is 3. The van der Waals surface area contributed by atoms with Crippen LogP contribution in [0.4, 0.5) is 9.59 Å². The van der Waals surface area contributed by atoms with Gasteiger partial charge in [-0.05, 0) is 82.3 Å². The number of pyridine rings is 1. The van der Waals surface area contributed by atoms with E-state index in [2.05, 4.69) is 31.5 Å². The molecule has 12 heteroatoms. The van der Waals surface area contributed by atoms with E-state index < -0.39 is 6.04 Å². The van der Waals surface area contributed by atoms with Crippen molar-refractivity contribution in [1.29, 1.82) is 0 Å². The van der Waals surface area contributed by atoms with Gasteiger partial charge in [-0.1, -0.05) is 6.07 Å². The van der Waals surface area contributed by atoms with Crippen LogP contribution in [-0.4, -0.2) is 103 Å². The SMILES string of the molecule is Bc1cc(C[C@@H](NC(=O)N2CCC(N(C)C(=O)NC)CC2)C(=O)N2CCC(c3ccncc3)CC2)cc(Br)c1O. The first kappa shape index (κ1) is 29.7. The number of benzene rings is 1. The van der Waals surface area contributed by atoms with Crippen LogP contribution in [0.2, 0.25) is 0 Å². The number of nitrogens with one attached hydrogen (secondary N) is 2. The largest absolute Gasteiger partial charge is 0.507 e. The minimum Gasteiger partial charge on any atom is -0.507 e. The van der Waals surface area contributed by atoms with E-state index in [-0.39, 0.29) is 29.8 Å². The number of aromatic hydroxyl groups is 1. The monoisotopic (exact) mass is 612 g/mol. The molecule has 1 atom stereocenters. The number of carbonyl (C=O) groups is 3. The normalized spacial score (nSPS) is 17.3. The zero-order chi connectivity index (χ0) is 28.8. The summed E-state index contributed by atoms with van der Waals surface area (Å²) in [4.78, 5) is 48.6. The van der Waals surface area contributed by atoms with Gasteiger partial charge in [0.2, 0.25) is 5.91 Å². The highest BCUT2D eigenvalue weighted by Gasteiger charge is 2.33. The molecule has 2 aromatic rings. The number of phenols is 1. The lowest BCUT2D eigenvalue weighted by molar-refractivity contribution is -0.134. The molecule has 0 spiro atoms. The second-order valence-corrected chi connectivity index (χ2v) is 11.6. The first-order valence-electron chi connectivity index (χ1n) is 13.8. The summed E-state index contributed by atoms with van der Waals surface area (Å²) in [6.45, 7) is 2.24. The highest BCUT2D eigenvalue weighted by atomic mass is 79.9. The van der Waals surface area contributed by atoms with Gasteiger partial charge in [-0.2, -0.15) is 0 Å². The number of nitrogens with zero attached hydrogens (tertiary/aromatic N) is 4. The fraction of sp³-hybridized carbons (Fsp3) is 0.500. The van der Waals surface area contributed by atoms with E-state index in [1.54, 1.807) is 42.4 Å². The molecule has 0 saturated carbocycles. The lowest BCUT2D eigenvalue weighted by Crippen LogP contribution is -2.56. The van der Waals surface area contributed by atoms with Crippen molar-refractivity contribution >= 4 is 47.2 Å². The molecule has 40 heavy (non-hydrogen) atoms. The summed E-state index contributed by atoms with van der Waals surface area (Å²) < 4.78 is 0.556. The van der Waals surface area contributed by atoms with Gasteiger partial charge in [-0.3, -0.25) is 9.78 Å². The number of urea groups is 2. The highest BCUT2D eigenvalue weighted by molar-refractivity contribution is 9.10. The Kier molecular flexibility index (Phi) is 9.94. The van der Waals surface area contributed by atoms with Crippen LogP contribution in [0.3, 0.4) is 0 Å². The van der Waals surface area contributed by atoms with Gasteiger partial charge in [0.1, 0.15) is 19.6 Å². The van der Waals surface area contributed by atoms with Crippen LogP contribution in [0.5, 0.6) is 5.75 Å². The quantitative estimate of drug-likeness (QED) is 0.428. The lowest BCUT2D eigenvalue weighted by atomic mass is 9.89. The number of hydrogen-bond acceptors (Lipinski definition) is 5. The molecule has 0 unspecified atom stereocenters. The molecule has 2 saturated heterocycles. The van der Waals surface area contributed by atoms with Crippen molar-refractivity contribution in [1.82, 2.24) is 30.3 Å². The number of hydrogen-bond donors (Lipinski definition) is 3. The third-order valence-electron chi connectivity index (χ3n) is 8.17. The number of amides is 5. The molecule has 214 valence electrons. The Hall–Kier alpha value is -3.28. The van der Waals surface area contributed by atoms with Crippen molar-refractivity contribution < 1.29 is 19.5 Å². The zero-order valence-electron chi connectivity index (χ0n) is 23.4. The average molecular weight is 613 g/mol. The van der Waals surface area contributed by atoms with Gasteiger partial charge in [0.25, 0.3) is 0 Å². The molecular formula is C28H38BBrN6O4. The third-order valence-corrected chi connectivity index (χ3v) is 8.77. The minimum absolute atomic E-state index is 0.0560. The van der Waals surface area contributed by atoms with Crippen molar-refractivity contribution in [2.45, 2.75) is 50.1 Å². The van der Waals surface area contributed by atoms with Crippen LogP contribution in [0.25, 0.3) is 0 Å². The van der Waals surface area contributed by atoms with Crippen LogP contribution >= 0.6 is 15.9 Å². The molecule has 10 nitrogen and oxygen atoms in total. The first-order valence-corrected chi connectivity index (χ1v) is 14.6. The summed E-state index contributed by atoms with van der Waals surface area (Å²) in [7, 11) is 5.18. The maximum Gasteiger partial charge on any atom is 0.318 e. The summed E-state index contributed by atoms with van der Waals surface area (Å²) in [5.41, 5.74) is 2.78. The van der Waals surface area contributed by atoms with Crippen molar-refractivity contribution in [2.24, 2.45) is 0 Å². The minimum atomic E-state index is -0.743. The maximum absolute atomic E-state index is 13.8. The van der Waals surface area contributed by atoms with Gasteiger partial charge in [0.05, 0.1) is 4.47 Å². The number of piperidine rings is 2. The Bertz CT molecular complexity index is 1180. The second-order valence-electron chi connectivity index (χ2n) is 10.7. The molecule has 0 bridgehead atoms. The van der Waals surface area contributed by atoms with Crippen molar-refractivity contribution in [2.75, 3.05) is 40.3 Å². The van der Waals surface area contributed by atoms with Gasteiger partial charge in [0, 0.05) is 65.1 Å². The summed E-state index contributed by atoms with van der Waals surface area (Å²) in [5, 5.41) is 15.9. The van der Waals surface area contributed by atoms with Crippen LogP contribution in [0, 0.1) is 0 Å². The summed E-state index contributed by atoms with van der Waals surface area (Å²) in [5.74, 6) is 0.445. The summed E-state index contributed by atoms with van der Waals surface area (Å²) >= 11 is 3.40. The lowest BCUT2D eigenvalue weighted by Gasteiger charge is -2.38. The first-order chi connectivity index (χ1) is 19.2.